The average molecular weight is 362 g/mol. The lowest BCUT2D eigenvalue weighted by Gasteiger charge is -2.21. The Labute approximate surface area is 127 Å². The van der Waals surface area contributed by atoms with Crippen molar-refractivity contribution >= 4 is 31.6 Å². The summed E-state index contributed by atoms with van der Waals surface area (Å²) in [6.45, 7) is 0.551. The molecule has 0 spiro atoms. The molecule has 1 aromatic rings. The molecular weight excluding hydrogens is 346 g/mol. The molecule has 0 bridgehead atoms. The molecule has 1 rings (SSSR count). The van der Waals surface area contributed by atoms with Crippen molar-refractivity contribution in [1.29, 1.82) is 5.26 Å². The molecule has 0 aliphatic heterocycles. The van der Waals surface area contributed by atoms with Crippen molar-refractivity contribution in [3.05, 3.63) is 22.7 Å². The Hall–Kier alpha value is -1.14. The first-order valence-corrected chi connectivity index (χ1v) is 8.08. The van der Waals surface area contributed by atoms with E-state index in [4.69, 9.17) is 15.7 Å². The Bertz CT molecular complexity index is 598. The third-order valence-corrected chi connectivity index (χ3v) is 5.48. The molecule has 0 aromatic heterocycles. The molecule has 8 heteroatoms. The van der Waals surface area contributed by atoms with E-state index in [9.17, 15) is 8.42 Å². The number of nitrogen functional groups attached to an aromatic ring is 1. The van der Waals surface area contributed by atoms with Crippen molar-refractivity contribution in [2.24, 2.45) is 0 Å². The first kappa shape index (κ1) is 16.9. The molecule has 1 aromatic carbocycles. The second-order valence-corrected chi connectivity index (χ2v) is 6.76. The van der Waals surface area contributed by atoms with Crippen LogP contribution in [0, 0.1) is 11.3 Å². The fourth-order valence-electron chi connectivity index (χ4n) is 1.58. The number of nitrogens with zero attached hydrogens (tertiary/aromatic N) is 2. The highest BCUT2D eigenvalue weighted by molar-refractivity contribution is 9.10. The summed E-state index contributed by atoms with van der Waals surface area (Å²) in [5.74, 6) is 0. The van der Waals surface area contributed by atoms with Crippen molar-refractivity contribution in [2.45, 2.75) is 11.3 Å². The summed E-state index contributed by atoms with van der Waals surface area (Å²) >= 11 is 3.21. The molecule has 110 valence electrons. The lowest BCUT2D eigenvalue weighted by atomic mass is 10.3. The minimum absolute atomic E-state index is 0.0894. The fourth-order valence-corrected chi connectivity index (χ4v) is 3.96. The van der Waals surface area contributed by atoms with Crippen LogP contribution in [-0.4, -0.2) is 39.5 Å². The molecule has 20 heavy (non-hydrogen) atoms. The second-order valence-electron chi connectivity index (χ2n) is 3.99. The number of anilines is 1. The average Bonchev–Trinajstić information content (AvgIpc) is 2.41. The van der Waals surface area contributed by atoms with Crippen LogP contribution in [0.5, 0.6) is 0 Å². The highest BCUT2D eigenvalue weighted by atomic mass is 79.9. The van der Waals surface area contributed by atoms with E-state index in [0.717, 1.165) is 0 Å². The lowest BCUT2D eigenvalue weighted by Crippen LogP contribution is -2.35. The molecule has 0 atom stereocenters. The maximum Gasteiger partial charge on any atom is 0.244 e. The highest BCUT2D eigenvalue weighted by Crippen LogP contribution is 2.27. The SMILES string of the molecule is COCCN(CCC#N)S(=O)(=O)c1cc(N)ccc1Br. The molecule has 0 aliphatic carbocycles. The molecule has 0 radical (unpaired) electrons. The van der Waals surface area contributed by atoms with Crippen molar-refractivity contribution in [2.75, 3.05) is 32.5 Å². The van der Waals surface area contributed by atoms with Crippen LogP contribution >= 0.6 is 15.9 Å². The van der Waals surface area contributed by atoms with Gasteiger partial charge >= 0.3 is 0 Å². The molecule has 0 unspecified atom stereocenters. The van der Waals surface area contributed by atoms with Crippen LogP contribution in [0.3, 0.4) is 0 Å². The van der Waals surface area contributed by atoms with Crippen molar-refractivity contribution < 1.29 is 13.2 Å². The van der Waals surface area contributed by atoms with Crippen molar-refractivity contribution in [3.8, 4) is 6.07 Å². The third kappa shape index (κ3) is 4.18. The molecule has 2 N–H and O–H groups in total. The Kier molecular flexibility index (Phi) is 6.42. The van der Waals surface area contributed by atoms with E-state index in [1.165, 1.54) is 17.5 Å². The van der Waals surface area contributed by atoms with Gasteiger partial charge in [0.2, 0.25) is 10.0 Å². The Morgan fingerprint density at radius 3 is 2.75 bits per heavy atom. The first-order valence-electron chi connectivity index (χ1n) is 5.84. The minimum Gasteiger partial charge on any atom is -0.399 e. The number of methoxy groups -OCH3 is 1. The number of hydrogen-bond acceptors (Lipinski definition) is 5. The number of benzene rings is 1. The number of rotatable bonds is 7. The number of halogens is 1. The zero-order valence-electron chi connectivity index (χ0n) is 11.0. The van der Waals surface area contributed by atoms with Crippen LogP contribution in [0.25, 0.3) is 0 Å². The summed E-state index contributed by atoms with van der Waals surface area (Å²) in [6, 6.07) is 6.53. The zero-order valence-corrected chi connectivity index (χ0v) is 13.4. The summed E-state index contributed by atoms with van der Waals surface area (Å²) in [6.07, 6.45) is 0.114. The van der Waals surface area contributed by atoms with Gasteiger partial charge in [-0.2, -0.15) is 9.57 Å². The molecule has 0 amide bonds. The quantitative estimate of drug-likeness (QED) is 0.743. The second kappa shape index (κ2) is 7.59. The number of ether oxygens (including phenoxy) is 1. The molecular formula is C12H16BrN3O3S. The summed E-state index contributed by atoms with van der Waals surface area (Å²) in [5, 5.41) is 8.64. The predicted octanol–water partition coefficient (Wildman–Crippen LogP) is 1.58. The molecule has 0 saturated carbocycles. The van der Waals surface area contributed by atoms with Crippen molar-refractivity contribution in [3.63, 3.8) is 0 Å². The van der Waals surface area contributed by atoms with Gasteiger partial charge in [-0.25, -0.2) is 8.42 Å². The fraction of sp³-hybridized carbons (Fsp3) is 0.417. The molecule has 0 heterocycles. The van der Waals surface area contributed by atoms with Gasteiger partial charge in [0, 0.05) is 36.8 Å². The van der Waals surface area contributed by atoms with E-state index in [1.807, 2.05) is 6.07 Å². The van der Waals surface area contributed by atoms with E-state index in [1.54, 1.807) is 12.1 Å². The van der Waals surface area contributed by atoms with E-state index in [0.29, 0.717) is 10.2 Å². The van der Waals surface area contributed by atoms with Gasteiger partial charge in [-0.05, 0) is 34.1 Å². The van der Waals surface area contributed by atoms with Gasteiger partial charge in [0.1, 0.15) is 0 Å². The van der Waals surface area contributed by atoms with Crippen molar-refractivity contribution in [1.82, 2.24) is 4.31 Å². The van der Waals surface area contributed by atoms with Gasteiger partial charge in [-0.1, -0.05) is 0 Å². The van der Waals surface area contributed by atoms with Crippen LogP contribution in [-0.2, 0) is 14.8 Å². The van der Waals surface area contributed by atoms with E-state index in [-0.39, 0.29) is 31.0 Å². The van der Waals surface area contributed by atoms with Gasteiger partial charge < -0.3 is 10.5 Å². The first-order chi connectivity index (χ1) is 9.43. The van der Waals surface area contributed by atoms with E-state index < -0.39 is 10.0 Å². The Balaban J connectivity index is 3.14. The molecule has 0 saturated heterocycles. The monoisotopic (exact) mass is 361 g/mol. The largest absolute Gasteiger partial charge is 0.399 e. The maximum atomic E-state index is 12.6. The van der Waals surface area contributed by atoms with Gasteiger partial charge in [0.15, 0.2) is 0 Å². The van der Waals surface area contributed by atoms with Crippen LogP contribution in [0.1, 0.15) is 6.42 Å². The molecule has 6 nitrogen and oxygen atoms in total. The summed E-state index contributed by atoms with van der Waals surface area (Å²) in [4.78, 5) is 0.0894. The van der Waals surface area contributed by atoms with Crippen LogP contribution in [0.2, 0.25) is 0 Å². The number of sulfonamides is 1. The van der Waals surface area contributed by atoms with Gasteiger partial charge in [-0.3, -0.25) is 0 Å². The number of nitrogens with two attached hydrogens (primary N) is 1. The van der Waals surface area contributed by atoms with Crippen LogP contribution in [0.4, 0.5) is 5.69 Å². The predicted molar refractivity (Wildman–Crippen MR) is 79.4 cm³/mol. The van der Waals surface area contributed by atoms with E-state index in [2.05, 4.69) is 15.9 Å². The van der Waals surface area contributed by atoms with Gasteiger partial charge in [0.25, 0.3) is 0 Å². The van der Waals surface area contributed by atoms with E-state index >= 15 is 0 Å². The molecule has 0 fully saturated rings. The normalized spacial score (nSPS) is 11.5. The smallest absolute Gasteiger partial charge is 0.244 e. The standard InChI is InChI=1S/C12H16BrN3O3S/c1-19-8-7-16(6-2-5-14)20(17,18)12-9-10(15)3-4-11(12)13/h3-4,9H,2,6-8,15H2,1H3. The number of nitriles is 1. The van der Waals surface area contributed by atoms with Gasteiger partial charge in [0.05, 0.1) is 17.6 Å². The highest BCUT2D eigenvalue weighted by Gasteiger charge is 2.26. The zero-order chi connectivity index (χ0) is 15.2. The summed E-state index contributed by atoms with van der Waals surface area (Å²) < 4.78 is 31.8. The maximum absolute atomic E-state index is 12.6. The number of hydrogen-bond donors (Lipinski definition) is 1. The van der Waals surface area contributed by atoms with Crippen LogP contribution in [0.15, 0.2) is 27.6 Å². The third-order valence-electron chi connectivity index (χ3n) is 2.59. The minimum atomic E-state index is -3.72. The topological polar surface area (TPSA) is 96.4 Å². The lowest BCUT2D eigenvalue weighted by molar-refractivity contribution is 0.179. The summed E-state index contributed by atoms with van der Waals surface area (Å²) in [7, 11) is -2.23. The Morgan fingerprint density at radius 1 is 1.45 bits per heavy atom. The summed E-state index contributed by atoms with van der Waals surface area (Å²) in [5.41, 5.74) is 6.00. The Morgan fingerprint density at radius 2 is 2.15 bits per heavy atom. The molecule has 0 aliphatic rings. The van der Waals surface area contributed by atoms with Crippen LogP contribution < -0.4 is 5.73 Å². The van der Waals surface area contributed by atoms with Gasteiger partial charge in [-0.15, -0.1) is 0 Å².